The lowest BCUT2D eigenvalue weighted by atomic mass is 10.2. The van der Waals surface area contributed by atoms with Gasteiger partial charge in [0.15, 0.2) is 0 Å². The van der Waals surface area contributed by atoms with Crippen LogP contribution in [0.15, 0.2) is 52.1 Å². The van der Waals surface area contributed by atoms with Gasteiger partial charge < -0.3 is 23.7 Å². The van der Waals surface area contributed by atoms with E-state index in [2.05, 4.69) is 10.2 Å². The van der Waals surface area contributed by atoms with Gasteiger partial charge in [0, 0.05) is 17.4 Å². The number of ether oxygens (including phenoxy) is 3. The first kappa shape index (κ1) is 20.0. The van der Waals surface area contributed by atoms with E-state index in [4.69, 9.17) is 18.6 Å². The molecule has 1 heterocycles. The minimum Gasteiger partial charge on any atom is -0.497 e. The summed E-state index contributed by atoms with van der Waals surface area (Å²) in [5, 5.41) is 18.6. The Morgan fingerprint density at radius 1 is 1.00 bits per heavy atom. The molecule has 3 rings (SSSR count). The van der Waals surface area contributed by atoms with Crippen LogP contribution >= 0.6 is 11.8 Å². The first-order chi connectivity index (χ1) is 13.6. The van der Waals surface area contributed by atoms with Gasteiger partial charge >= 0.3 is 0 Å². The minimum absolute atomic E-state index is 0.185. The Kier molecular flexibility index (Phi) is 6.78. The number of aliphatic hydroxyl groups excluding tert-OH is 1. The van der Waals surface area contributed by atoms with Crippen LogP contribution in [0.4, 0.5) is 0 Å². The van der Waals surface area contributed by atoms with Gasteiger partial charge in [0.05, 0.1) is 20.3 Å². The molecule has 1 N–H and O–H groups in total. The van der Waals surface area contributed by atoms with Crippen molar-refractivity contribution in [2.45, 2.75) is 18.3 Å². The SMILES string of the molecule is COc1cc(OC)cc(-c2nnc(SC[C@H](O)COc3ccc(C)cc3)o2)c1. The number of aromatic nitrogens is 2. The van der Waals surface area contributed by atoms with E-state index in [1.54, 1.807) is 32.4 Å². The fourth-order valence-electron chi connectivity index (χ4n) is 2.36. The third-order valence-electron chi connectivity index (χ3n) is 3.87. The summed E-state index contributed by atoms with van der Waals surface area (Å²) in [6, 6.07) is 13.0. The average Bonchev–Trinajstić information content (AvgIpc) is 3.20. The molecule has 0 radical (unpaired) electrons. The third kappa shape index (κ3) is 5.40. The van der Waals surface area contributed by atoms with E-state index in [1.165, 1.54) is 11.8 Å². The highest BCUT2D eigenvalue weighted by Crippen LogP contribution is 2.30. The van der Waals surface area contributed by atoms with E-state index in [0.717, 1.165) is 11.3 Å². The maximum atomic E-state index is 10.1. The number of hydrogen-bond acceptors (Lipinski definition) is 8. The predicted molar refractivity (Wildman–Crippen MR) is 106 cm³/mol. The zero-order valence-corrected chi connectivity index (χ0v) is 16.7. The van der Waals surface area contributed by atoms with Crippen molar-refractivity contribution >= 4 is 11.8 Å². The van der Waals surface area contributed by atoms with E-state index < -0.39 is 6.10 Å². The van der Waals surface area contributed by atoms with E-state index in [-0.39, 0.29) is 6.61 Å². The van der Waals surface area contributed by atoms with Gasteiger partial charge in [-0.15, -0.1) is 10.2 Å². The minimum atomic E-state index is -0.668. The van der Waals surface area contributed by atoms with Gasteiger partial charge in [0.1, 0.15) is 23.9 Å². The Morgan fingerprint density at radius 3 is 2.32 bits per heavy atom. The number of aliphatic hydroxyl groups is 1. The molecule has 1 atom stereocenters. The van der Waals surface area contributed by atoms with Crippen molar-refractivity contribution < 1.29 is 23.7 Å². The smallest absolute Gasteiger partial charge is 0.276 e. The summed E-state index contributed by atoms with van der Waals surface area (Å²) in [5.74, 6) is 2.71. The number of methoxy groups -OCH3 is 2. The Morgan fingerprint density at radius 2 is 1.68 bits per heavy atom. The Hall–Kier alpha value is -2.71. The predicted octanol–water partition coefficient (Wildman–Crippen LogP) is 3.59. The molecule has 148 valence electrons. The lowest BCUT2D eigenvalue weighted by Crippen LogP contribution is -2.20. The molecule has 2 aromatic carbocycles. The van der Waals surface area contributed by atoms with Gasteiger partial charge in [-0.05, 0) is 31.2 Å². The first-order valence-corrected chi connectivity index (χ1v) is 9.63. The molecule has 0 amide bonds. The number of rotatable bonds is 9. The second kappa shape index (κ2) is 9.48. The standard InChI is InChI=1S/C20H22N2O5S/c1-13-4-6-16(7-5-13)26-11-15(23)12-28-20-22-21-19(27-20)14-8-17(24-2)10-18(9-14)25-3/h4-10,15,23H,11-12H2,1-3H3/t15-/m1/s1. The molecule has 8 heteroatoms. The molecular formula is C20H22N2O5S. The van der Waals surface area contributed by atoms with Crippen LogP contribution in [-0.2, 0) is 0 Å². The highest BCUT2D eigenvalue weighted by atomic mass is 32.2. The Labute approximate surface area is 167 Å². The quantitative estimate of drug-likeness (QED) is 0.544. The second-order valence-electron chi connectivity index (χ2n) is 6.06. The Bertz CT molecular complexity index is 876. The Balaban J connectivity index is 1.55. The van der Waals surface area contributed by atoms with Crippen LogP contribution in [0.5, 0.6) is 17.2 Å². The summed E-state index contributed by atoms with van der Waals surface area (Å²) >= 11 is 1.27. The van der Waals surface area contributed by atoms with Crippen LogP contribution in [0.3, 0.4) is 0 Å². The third-order valence-corrected chi connectivity index (χ3v) is 4.83. The van der Waals surface area contributed by atoms with Crippen LogP contribution in [0, 0.1) is 6.92 Å². The molecule has 0 bridgehead atoms. The molecule has 0 saturated heterocycles. The highest BCUT2D eigenvalue weighted by molar-refractivity contribution is 7.99. The summed E-state index contributed by atoms with van der Waals surface area (Å²) in [7, 11) is 3.15. The monoisotopic (exact) mass is 402 g/mol. The fourth-order valence-corrected chi connectivity index (χ4v) is 3.03. The average molecular weight is 402 g/mol. The van der Waals surface area contributed by atoms with Gasteiger partial charge in [-0.25, -0.2) is 0 Å². The van der Waals surface area contributed by atoms with Gasteiger partial charge in [0.25, 0.3) is 5.22 Å². The van der Waals surface area contributed by atoms with E-state index in [0.29, 0.717) is 33.9 Å². The molecule has 1 aromatic heterocycles. The van der Waals surface area contributed by atoms with Gasteiger partial charge in [-0.1, -0.05) is 29.5 Å². The van der Waals surface area contributed by atoms with Crippen molar-refractivity contribution in [1.82, 2.24) is 10.2 Å². The number of thioether (sulfide) groups is 1. The zero-order valence-electron chi connectivity index (χ0n) is 15.9. The maximum Gasteiger partial charge on any atom is 0.276 e. The van der Waals surface area contributed by atoms with Crippen LogP contribution in [0.25, 0.3) is 11.5 Å². The number of hydrogen-bond donors (Lipinski definition) is 1. The van der Waals surface area contributed by atoms with Crippen molar-refractivity contribution in [3.05, 3.63) is 48.0 Å². The largest absolute Gasteiger partial charge is 0.497 e. The molecule has 0 fully saturated rings. The molecule has 0 saturated carbocycles. The molecule has 0 unspecified atom stereocenters. The summed E-state index contributed by atoms with van der Waals surface area (Å²) in [6.45, 7) is 2.19. The van der Waals surface area contributed by atoms with Gasteiger partial charge in [-0.2, -0.15) is 0 Å². The topological polar surface area (TPSA) is 86.8 Å². The first-order valence-electron chi connectivity index (χ1n) is 8.64. The lowest BCUT2D eigenvalue weighted by Gasteiger charge is -2.11. The van der Waals surface area contributed by atoms with Crippen LogP contribution in [0.2, 0.25) is 0 Å². The maximum absolute atomic E-state index is 10.1. The molecular weight excluding hydrogens is 380 g/mol. The van der Waals surface area contributed by atoms with Crippen molar-refractivity contribution in [2.24, 2.45) is 0 Å². The van der Waals surface area contributed by atoms with Crippen molar-refractivity contribution in [2.75, 3.05) is 26.6 Å². The zero-order chi connectivity index (χ0) is 19.9. The lowest BCUT2D eigenvalue weighted by molar-refractivity contribution is 0.126. The van der Waals surface area contributed by atoms with Gasteiger partial charge in [-0.3, -0.25) is 0 Å². The van der Waals surface area contributed by atoms with Crippen LogP contribution in [-0.4, -0.2) is 48.0 Å². The van der Waals surface area contributed by atoms with Crippen LogP contribution in [0.1, 0.15) is 5.56 Å². The fraction of sp³-hybridized carbons (Fsp3) is 0.300. The normalized spacial score (nSPS) is 11.9. The van der Waals surface area contributed by atoms with Crippen molar-refractivity contribution in [3.63, 3.8) is 0 Å². The molecule has 28 heavy (non-hydrogen) atoms. The molecule has 0 aliphatic carbocycles. The van der Waals surface area contributed by atoms with E-state index in [9.17, 15) is 5.11 Å². The molecule has 7 nitrogen and oxygen atoms in total. The van der Waals surface area contributed by atoms with Crippen molar-refractivity contribution in [1.29, 1.82) is 0 Å². The van der Waals surface area contributed by atoms with Gasteiger partial charge in [0.2, 0.25) is 5.89 Å². The molecule has 0 spiro atoms. The number of aryl methyl sites for hydroxylation is 1. The number of nitrogens with zero attached hydrogens (tertiary/aromatic N) is 2. The molecule has 0 aliphatic rings. The highest BCUT2D eigenvalue weighted by Gasteiger charge is 2.14. The summed E-state index contributed by atoms with van der Waals surface area (Å²) < 4.78 is 21.8. The molecule has 3 aromatic rings. The van der Waals surface area contributed by atoms with E-state index >= 15 is 0 Å². The molecule has 0 aliphatic heterocycles. The van der Waals surface area contributed by atoms with Crippen LogP contribution < -0.4 is 14.2 Å². The second-order valence-corrected chi connectivity index (χ2v) is 7.03. The summed E-state index contributed by atoms with van der Waals surface area (Å²) in [6.07, 6.45) is -0.668. The summed E-state index contributed by atoms with van der Waals surface area (Å²) in [5.41, 5.74) is 1.85. The summed E-state index contributed by atoms with van der Waals surface area (Å²) in [4.78, 5) is 0. The van der Waals surface area contributed by atoms with E-state index in [1.807, 2.05) is 31.2 Å². The number of benzene rings is 2. The van der Waals surface area contributed by atoms with Crippen molar-refractivity contribution in [3.8, 4) is 28.7 Å².